The highest BCUT2D eigenvalue weighted by molar-refractivity contribution is 6.32. The van der Waals surface area contributed by atoms with E-state index in [1.54, 1.807) is 4.57 Å². The number of nitrogens with zero attached hydrogens (tertiary/aromatic N) is 2. The van der Waals surface area contributed by atoms with Gasteiger partial charge in [0.2, 0.25) is 0 Å². The molecule has 21 heavy (non-hydrogen) atoms. The second-order valence-corrected chi connectivity index (χ2v) is 5.38. The van der Waals surface area contributed by atoms with Crippen LogP contribution in [0.4, 0.5) is 0 Å². The van der Waals surface area contributed by atoms with Gasteiger partial charge in [0.25, 0.3) is 0 Å². The van der Waals surface area contributed by atoms with Crippen LogP contribution in [0.3, 0.4) is 0 Å². The first-order chi connectivity index (χ1) is 10.1. The second-order valence-electron chi connectivity index (χ2n) is 4.97. The third kappa shape index (κ3) is 2.34. The lowest BCUT2D eigenvalue weighted by Crippen LogP contribution is -2.23. The minimum Gasteiger partial charge on any atom is -0.292 e. The normalized spacial score (nSPS) is 11.0. The highest BCUT2D eigenvalue weighted by Crippen LogP contribution is 2.29. The first-order valence-electron chi connectivity index (χ1n) is 6.88. The molecule has 0 atom stereocenters. The van der Waals surface area contributed by atoms with Crippen LogP contribution in [0.25, 0.3) is 22.2 Å². The summed E-state index contributed by atoms with van der Waals surface area (Å²) in [6.07, 6.45) is 0. The van der Waals surface area contributed by atoms with Gasteiger partial charge in [-0.25, -0.2) is 4.79 Å². The molecule has 0 radical (unpaired) electrons. The highest BCUT2D eigenvalue weighted by Gasteiger charge is 2.12. The number of aromatic nitrogens is 2. The maximum absolute atomic E-state index is 12.3. The van der Waals surface area contributed by atoms with E-state index in [0.29, 0.717) is 17.3 Å². The molecule has 0 unspecified atom stereocenters. The quantitative estimate of drug-likeness (QED) is 0.715. The largest absolute Gasteiger partial charge is 0.348 e. The maximum atomic E-state index is 12.3. The number of hydrogen-bond donors (Lipinski definition) is 0. The Bertz CT molecular complexity index is 869. The summed E-state index contributed by atoms with van der Waals surface area (Å²) in [6, 6.07) is 13.6. The van der Waals surface area contributed by atoms with Gasteiger partial charge in [0.1, 0.15) is 0 Å². The zero-order chi connectivity index (χ0) is 15.0. The molecule has 0 spiro atoms. The summed E-state index contributed by atoms with van der Waals surface area (Å²) in [5, 5.41) is 1.61. The van der Waals surface area contributed by atoms with Crippen LogP contribution in [0.15, 0.2) is 47.3 Å². The SMILES string of the molecule is CCn1c(=O)nc(-c2ccccc2)c2cc(C)c(Cl)cc21. The van der Waals surface area contributed by atoms with Gasteiger partial charge in [0.15, 0.2) is 0 Å². The Balaban J connectivity index is 2.46. The molecule has 0 N–H and O–H groups in total. The van der Waals surface area contributed by atoms with Crippen LogP contribution < -0.4 is 5.69 Å². The van der Waals surface area contributed by atoms with Gasteiger partial charge in [-0.15, -0.1) is 0 Å². The van der Waals surface area contributed by atoms with Crippen molar-refractivity contribution in [3.05, 3.63) is 63.5 Å². The lowest BCUT2D eigenvalue weighted by atomic mass is 10.0. The van der Waals surface area contributed by atoms with E-state index in [4.69, 9.17) is 11.6 Å². The maximum Gasteiger partial charge on any atom is 0.348 e. The van der Waals surface area contributed by atoms with E-state index in [1.807, 2.05) is 56.3 Å². The van der Waals surface area contributed by atoms with Crippen molar-refractivity contribution in [3.8, 4) is 11.3 Å². The first kappa shape index (κ1) is 13.8. The Kier molecular flexibility index (Phi) is 3.52. The molecule has 1 aromatic heterocycles. The van der Waals surface area contributed by atoms with Crippen molar-refractivity contribution in [1.82, 2.24) is 9.55 Å². The van der Waals surface area contributed by atoms with Crippen LogP contribution in [0, 0.1) is 6.92 Å². The average molecular weight is 299 g/mol. The predicted octanol–water partition coefficient (Wildman–Crippen LogP) is 4.05. The van der Waals surface area contributed by atoms with Crippen molar-refractivity contribution >= 4 is 22.5 Å². The molecule has 0 saturated heterocycles. The van der Waals surface area contributed by atoms with Crippen LogP contribution >= 0.6 is 11.6 Å². The molecular formula is C17H15ClN2O. The van der Waals surface area contributed by atoms with E-state index in [2.05, 4.69) is 4.98 Å². The summed E-state index contributed by atoms with van der Waals surface area (Å²) < 4.78 is 1.65. The van der Waals surface area contributed by atoms with Gasteiger partial charge in [-0.3, -0.25) is 4.57 Å². The third-order valence-electron chi connectivity index (χ3n) is 3.62. The van der Waals surface area contributed by atoms with E-state index in [-0.39, 0.29) is 5.69 Å². The summed E-state index contributed by atoms with van der Waals surface area (Å²) in [4.78, 5) is 16.5. The molecule has 3 nitrogen and oxygen atoms in total. The summed E-state index contributed by atoms with van der Waals surface area (Å²) in [7, 11) is 0. The third-order valence-corrected chi connectivity index (χ3v) is 4.03. The molecule has 0 aliphatic carbocycles. The average Bonchev–Trinajstić information content (AvgIpc) is 2.49. The van der Waals surface area contributed by atoms with Crippen molar-refractivity contribution in [2.45, 2.75) is 20.4 Å². The molecule has 3 rings (SSSR count). The standard InChI is InChI=1S/C17H15ClN2O/c1-3-20-15-10-14(18)11(2)9-13(15)16(19-17(20)21)12-7-5-4-6-8-12/h4-10H,3H2,1-2H3. The minimum atomic E-state index is -0.247. The second kappa shape index (κ2) is 5.34. The number of hydrogen-bond acceptors (Lipinski definition) is 2. The molecule has 0 aliphatic heterocycles. The highest BCUT2D eigenvalue weighted by atomic mass is 35.5. The minimum absolute atomic E-state index is 0.247. The zero-order valence-corrected chi connectivity index (χ0v) is 12.7. The van der Waals surface area contributed by atoms with Crippen molar-refractivity contribution in [2.24, 2.45) is 0 Å². The Labute approximate surface area is 127 Å². The molecule has 2 aromatic carbocycles. The number of benzene rings is 2. The molecule has 1 heterocycles. The van der Waals surface area contributed by atoms with Gasteiger partial charge >= 0.3 is 5.69 Å². The van der Waals surface area contributed by atoms with Crippen molar-refractivity contribution in [1.29, 1.82) is 0 Å². The number of halogens is 1. The Hall–Kier alpha value is -2.13. The van der Waals surface area contributed by atoms with E-state index < -0.39 is 0 Å². The molecule has 3 aromatic rings. The van der Waals surface area contributed by atoms with Gasteiger partial charge in [-0.2, -0.15) is 4.98 Å². The number of aryl methyl sites for hydroxylation is 2. The lowest BCUT2D eigenvalue weighted by Gasteiger charge is -2.13. The molecule has 0 amide bonds. The lowest BCUT2D eigenvalue weighted by molar-refractivity contribution is 0.733. The van der Waals surface area contributed by atoms with Crippen LogP contribution in [-0.2, 0) is 6.54 Å². The molecule has 0 bridgehead atoms. The zero-order valence-electron chi connectivity index (χ0n) is 11.9. The van der Waals surface area contributed by atoms with Gasteiger partial charge in [0.05, 0.1) is 11.2 Å². The van der Waals surface area contributed by atoms with Crippen LogP contribution in [0.1, 0.15) is 12.5 Å². The summed E-state index contributed by atoms with van der Waals surface area (Å²) in [5.41, 5.74) is 3.20. The van der Waals surface area contributed by atoms with Crippen LogP contribution in [-0.4, -0.2) is 9.55 Å². The topological polar surface area (TPSA) is 34.9 Å². The smallest absolute Gasteiger partial charge is 0.292 e. The number of fused-ring (bicyclic) bond motifs is 1. The van der Waals surface area contributed by atoms with Gasteiger partial charge in [-0.1, -0.05) is 41.9 Å². The van der Waals surface area contributed by atoms with Gasteiger partial charge in [-0.05, 0) is 31.5 Å². The van der Waals surface area contributed by atoms with Crippen molar-refractivity contribution in [2.75, 3.05) is 0 Å². The van der Waals surface area contributed by atoms with Crippen LogP contribution in [0.5, 0.6) is 0 Å². The molecule has 4 heteroatoms. The molecule has 106 valence electrons. The first-order valence-corrected chi connectivity index (χ1v) is 7.25. The van der Waals surface area contributed by atoms with Crippen LogP contribution in [0.2, 0.25) is 5.02 Å². The fraction of sp³-hybridized carbons (Fsp3) is 0.176. The predicted molar refractivity (Wildman–Crippen MR) is 86.9 cm³/mol. The molecule has 0 aliphatic rings. The summed E-state index contributed by atoms with van der Waals surface area (Å²) in [5.74, 6) is 0. The summed E-state index contributed by atoms with van der Waals surface area (Å²) >= 11 is 6.23. The fourth-order valence-electron chi connectivity index (χ4n) is 2.52. The summed E-state index contributed by atoms with van der Waals surface area (Å²) in [6.45, 7) is 4.45. The molecule has 0 fully saturated rings. The van der Waals surface area contributed by atoms with Crippen molar-refractivity contribution in [3.63, 3.8) is 0 Å². The van der Waals surface area contributed by atoms with Gasteiger partial charge in [0, 0.05) is 22.5 Å². The Morgan fingerprint density at radius 2 is 1.90 bits per heavy atom. The Morgan fingerprint density at radius 1 is 1.19 bits per heavy atom. The van der Waals surface area contributed by atoms with Crippen molar-refractivity contribution < 1.29 is 0 Å². The van der Waals surface area contributed by atoms with E-state index >= 15 is 0 Å². The monoisotopic (exact) mass is 298 g/mol. The fourth-order valence-corrected chi connectivity index (χ4v) is 2.68. The molecular weight excluding hydrogens is 284 g/mol. The number of rotatable bonds is 2. The van der Waals surface area contributed by atoms with E-state index in [0.717, 1.165) is 22.0 Å². The molecule has 0 saturated carbocycles. The van der Waals surface area contributed by atoms with Gasteiger partial charge < -0.3 is 0 Å². The van der Waals surface area contributed by atoms with E-state index in [1.165, 1.54) is 0 Å². The Morgan fingerprint density at radius 3 is 2.57 bits per heavy atom. The van der Waals surface area contributed by atoms with E-state index in [9.17, 15) is 4.79 Å².